The summed E-state index contributed by atoms with van der Waals surface area (Å²) in [5.41, 5.74) is 0.313. The largest absolute Gasteiger partial charge is 0.385 e. The maximum atomic E-state index is 10.0. The molecule has 0 spiro atoms. The molecule has 1 N–H and O–H groups in total. The maximum absolute atomic E-state index is 10.0. The first kappa shape index (κ1) is 10.6. The molecule has 1 atom stereocenters. The smallest absolute Gasteiger partial charge is 0.0866 e. The SMILES string of the molecule is CC[C@](C)(O)c1cccc(SC)c1. The molecular formula is C11H16OS. The van der Waals surface area contributed by atoms with Crippen molar-refractivity contribution in [1.29, 1.82) is 0 Å². The molecule has 0 aliphatic heterocycles. The molecule has 0 radical (unpaired) electrons. The van der Waals surface area contributed by atoms with Crippen LogP contribution in [0.2, 0.25) is 0 Å². The Morgan fingerprint density at radius 1 is 1.46 bits per heavy atom. The minimum absolute atomic E-state index is 0.689. The highest BCUT2D eigenvalue weighted by Gasteiger charge is 2.19. The molecule has 0 aliphatic rings. The van der Waals surface area contributed by atoms with Gasteiger partial charge in [0.1, 0.15) is 0 Å². The van der Waals surface area contributed by atoms with E-state index in [1.807, 2.05) is 38.3 Å². The van der Waals surface area contributed by atoms with Crippen molar-refractivity contribution >= 4 is 11.8 Å². The molecule has 0 saturated carbocycles. The fourth-order valence-electron chi connectivity index (χ4n) is 1.16. The summed E-state index contributed by atoms with van der Waals surface area (Å²) in [6, 6.07) is 8.07. The van der Waals surface area contributed by atoms with Crippen molar-refractivity contribution in [2.24, 2.45) is 0 Å². The molecule has 0 bridgehead atoms. The van der Waals surface area contributed by atoms with Crippen molar-refractivity contribution in [2.75, 3.05) is 6.26 Å². The Balaban J connectivity index is 3.01. The van der Waals surface area contributed by atoms with E-state index in [0.717, 1.165) is 12.0 Å². The summed E-state index contributed by atoms with van der Waals surface area (Å²) in [4.78, 5) is 1.20. The summed E-state index contributed by atoms with van der Waals surface area (Å²) in [6.07, 6.45) is 2.78. The van der Waals surface area contributed by atoms with Crippen LogP contribution in [0.4, 0.5) is 0 Å². The van der Waals surface area contributed by atoms with Crippen LogP contribution in [0.15, 0.2) is 29.2 Å². The summed E-state index contributed by atoms with van der Waals surface area (Å²) in [6.45, 7) is 3.85. The third-order valence-electron chi connectivity index (χ3n) is 2.38. The average molecular weight is 196 g/mol. The topological polar surface area (TPSA) is 20.2 Å². The highest BCUT2D eigenvalue weighted by molar-refractivity contribution is 7.98. The van der Waals surface area contributed by atoms with Crippen LogP contribution < -0.4 is 0 Å². The van der Waals surface area contributed by atoms with Gasteiger partial charge in [-0.3, -0.25) is 0 Å². The molecule has 1 rings (SSSR count). The Kier molecular flexibility index (Phi) is 3.40. The van der Waals surface area contributed by atoms with Gasteiger partial charge in [0.15, 0.2) is 0 Å². The third kappa shape index (κ3) is 2.48. The molecule has 0 aliphatic carbocycles. The molecule has 0 fully saturated rings. The lowest BCUT2D eigenvalue weighted by Gasteiger charge is -2.22. The minimum Gasteiger partial charge on any atom is -0.385 e. The monoisotopic (exact) mass is 196 g/mol. The van der Waals surface area contributed by atoms with Gasteiger partial charge in [0.25, 0.3) is 0 Å². The number of rotatable bonds is 3. The molecule has 0 aromatic heterocycles. The van der Waals surface area contributed by atoms with Gasteiger partial charge in [-0.1, -0.05) is 19.1 Å². The fraction of sp³-hybridized carbons (Fsp3) is 0.455. The molecule has 13 heavy (non-hydrogen) atoms. The van der Waals surface area contributed by atoms with Crippen LogP contribution in [0.1, 0.15) is 25.8 Å². The highest BCUT2D eigenvalue weighted by atomic mass is 32.2. The first-order chi connectivity index (χ1) is 6.10. The Bertz CT molecular complexity index is 281. The van der Waals surface area contributed by atoms with E-state index in [0.29, 0.717) is 0 Å². The van der Waals surface area contributed by atoms with Crippen molar-refractivity contribution in [3.05, 3.63) is 29.8 Å². The number of benzene rings is 1. The summed E-state index contributed by atoms with van der Waals surface area (Å²) in [7, 11) is 0. The zero-order valence-corrected chi connectivity index (χ0v) is 9.19. The standard InChI is InChI=1S/C11H16OS/c1-4-11(2,12)9-6-5-7-10(8-9)13-3/h5-8,12H,4H2,1-3H3/t11-/m0/s1. The quantitative estimate of drug-likeness (QED) is 0.750. The zero-order chi connectivity index (χ0) is 9.90. The van der Waals surface area contributed by atoms with E-state index < -0.39 is 5.60 Å². The van der Waals surface area contributed by atoms with Gasteiger partial charge in [-0.25, -0.2) is 0 Å². The number of hydrogen-bond acceptors (Lipinski definition) is 2. The van der Waals surface area contributed by atoms with Crippen molar-refractivity contribution in [3.8, 4) is 0 Å². The molecule has 0 amide bonds. The second-order valence-electron chi connectivity index (χ2n) is 3.36. The number of thioether (sulfide) groups is 1. The van der Waals surface area contributed by atoms with Gasteiger partial charge >= 0.3 is 0 Å². The van der Waals surface area contributed by atoms with Crippen LogP contribution in [0.25, 0.3) is 0 Å². The maximum Gasteiger partial charge on any atom is 0.0866 e. The fourth-order valence-corrected chi connectivity index (χ4v) is 1.62. The van der Waals surface area contributed by atoms with Crippen molar-refractivity contribution in [2.45, 2.75) is 30.8 Å². The first-order valence-corrected chi connectivity index (χ1v) is 5.69. The summed E-state index contributed by atoms with van der Waals surface area (Å²) in [5, 5.41) is 10.0. The second-order valence-corrected chi connectivity index (χ2v) is 4.24. The minimum atomic E-state index is -0.689. The van der Waals surface area contributed by atoms with Gasteiger partial charge in [-0.05, 0) is 37.3 Å². The first-order valence-electron chi connectivity index (χ1n) is 4.47. The molecule has 72 valence electrons. The molecule has 0 unspecified atom stereocenters. The van der Waals surface area contributed by atoms with E-state index in [-0.39, 0.29) is 0 Å². The molecule has 1 aromatic rings. The second kappa shape index (κ2) is 4.16. The van der Waals surface area contributed by atoms with Gasteiger partial charge in [-0.2, -0.15) is 0 Å². The molecule has 2 heteroatoms. The van der Waals surface area contributed by atoms with E-state index in [1.54, 1.807) is 11.8 Å². The van der Waals surface area contributed by atoms with Crippen molar-refractivity contribution in [1.82, 2.24) is 0 Å². The summed E-state index contributed by atoms with van der Waals surface area (Å²) >= 11 is 1.70. The normalized spacial score (nSPS) is 15.4. The number of aliphatic hydroxyl groups is 1. The van der Waals surface area contributed by atoms with Gasteiger partial charge in [0.05, 0.1) is 5.60 Å². The van der Waals surface area contributed by atoms with E-state index in [2.05, 4.69) is 6.07 Å². The third-order valence-corrected chi connectivity index (χ3v) is 3.11. The lowest BCUT2D eigenvalue weighted by atomic mass is 9.94. The van der Waals surface area contributed by atoms with E-state index in [1.165, 1.54) is 4.90 Å². The van der Waals surface area contributed by atoms with Crippen LogP contribution in [0.5, 0.6) is 0 Å². The van der Waals surface area contributed by atoms with Crippen molar-refractivity contribution in [3.63, 3.8) is 0 Å². The van der Waals surface area contributed by atoms with Gasteiger partial charge in [-0.15, -0.1) is 11.8 Å². The van der Waals surface area contributed by atoms with Crippen LogP contribution in [0.3, 0.4) is 0 Å². The van der Waals surface area contributed by atoms with Crippen molar-refractivity contribution < 1.29 is 5.11 Å². The lowest BCUT2D eigenvalue weighted by molar-refractivity contribution is 0.0529. The van der Waals surface area contributed by atoms with Crippen LogP contribution in [-0.4, -0.2) is 11.4 Å². The Labute approximate surface area is 84.2 Å². The van der Waals surface area contributed by atoms with Gasteiger partial charge in [0, 0.05) is 4.90 Å². The van der Waals surface area contributed by atoms with Gasteiger partial charge < -0.3 is 5.11 Å². The lowest BCUT2D eigenvalue weighted by Crippen LogP contribution is -2.19. The van der Waals surface area contributed by atoms with E-state index in [4.69, 9.17) is 0 Å². The van der Waals surface area contributed by atoms with Crippen LogP contribution >= 0.6 is 11.8 Å². The highest BCUT2D eigenvalue weighted by Crippen LogP contribution is 2.27. The molecule has 0 heterocycles. The number of hydrogen-bond donors (Lipinski definition) is 1. The molecule has 0 saturated heterocycles. The Hall–Kier alpha value is -0.470. The van der Waals surface area contributed by atoms with Crippen LogP contribution in [-0.2, 0) is 5.60 Å². The van der Waals surface area contributed by atoms with Gasteiger partial charge in [0.2, 0.25) is 0 Å². The summed E-state index contributed by atoms with van der Waals surface area (Å²) in [5.74, 6) is 0. The molecular weight excluding hydrogens is 180 g/mol. The predicted molar refractivity (Wildman–Crippen MR) is 58.1 cm³/mol. The molecule has 1 nitrogen and oxygen atoms in total. The van der Waals surface area contributed by atoms with E-state index >= 15 is 0 Å². The average Bonchev–Trinajstić information content (AvgIpc) is 2.18. The van der Waals surface area contributed by atoms with E-state index in [9.17, 15) is 5.11 Å². The Morgan fingerprint density at radius 2 is 2.15 bits per heavy atom. The zero-order valence-electron chi connectivity index (χ0n) is 8.37. The Morgan fingerprint density at radius 3 is 2.69 bits per heavy atom. The summed E-state index contributed by atoms with van der Waals surface area (Å²) < 4.78 is 0. The molecule has 1 aromatic carbocycles. The predicted octanol–water partition coefficient (Wildman–Crippen LogP) is 3.03. The van der Waals surface area contributed by atoms with Crippen LogP contribution in [0, 0.1) is 0 Å².